The Hall–Kier alpha value is -1.08. The summed E-state index contributed by atoms with van der Waals surface area (Å²) in [5.74, 6) is 0. The molecular weight excluding hydrogens is 144 g/mol. The molecule has 11 heavy (non-hydrogen) atoms. The van der Waals surface area contributed by atoms with Crippen LogP contribution in [0.25, 0.3) is 0 Å². The van der Waals surface area contributed by atoms with Gasteiger partial charge in [-0.1, -0.05) is 0 Å². The predicted molar refractivity (Wildman–Crippen MR) is 41.8 cm³/mol. The maximum atomic E-state index is 9.43. The number of ether oxygens (including phenoxy) is 1. The van der Waals surface area contributed by atoms with Crippen molar-refractivity contribution < 1.29 is 9.53 Å². The van der Waals surface area contributed by atoms with Crippen molar-refractivity contribution in [3.8, 4) is 6.07 Å². The molecule has 0 radical (unpaired) electrons. The first-order valence-corrected chi connectivity index (χ1v) is 3.12. The zero-order valence-electron chi connectivity index (χ0n) is 7.37. The lowest BCUT2D eigenvalue weighted by Crippen LogP contribution is -2.06. The Morgan fingerprint density at radius 3 is 2.00 bits per heavy atom. The highest BCUT2D eigenvalue weighted by atomic mass is 16.5. The molecule has 4 nitrogen and oxygen atoms in total. The molecule has 0 bridgehead atoms. The van der Waals surface area contributed by atoms with Gasteiger partial charge in [0.1, 0.15) is 6.10 Å². The minimum Gasteiger partial charge on any atom is -0.367 e. The summed E-state index contributed by atoms with van der Waals surface area (Å²) in [6.07, 6.45) is 0.491. The van der Waals surface area contributed by atoms with Crippen LogP contribution in [0.2, 0.25) is 0 Å². The van der Waals surface area contributed by atoms with E-state index in [1.54, 1.807) is 21.0 Å². The van der Waals surface area contributed by atoms with Crippen molar-refractivity contribution in [3.05, 3.63) is 0 Å². The van der Waals surface area contributed by atoms with Crippen molar-refractivity contribution in [2.75, 3.05) is 21.2 Å². The van der Waals surface area contributed by atoms with Gasteiger partial charge in [-0.3, -0.25) is 4.79 Å². The molecule has 0 saturated heterocycles. The molecule has 0 aliphatic heterocycles. The first-order valence-electron chi connectivity index (χ1n) is 3.12. The van der Waals surface area contributed by atoms with Crippen molar-refractivity contribution in [1.82, 2.24) is 4.90 Å². The minimum atomic E-state index is -0.259. The van der Waals surface area contributed by atoms with Crippen molar-refractivity contribution in [2.45, 2.75) is 13.0 Å². The number of nitrogens with zero attached hydrogens (tertiary/aromatic N) is 2. The number of rotatable bonds is 2. The van der Waals surface area contributed by atoms with Crippen LogP contribution in [-0.4, -0.2) is 38.6 Å². The highest BCUT2D eigenvalue weighted by Gasteiger charge is 1.88. The lowest BCUT2D eigenvalue weighted by atomic mass is 10.5. The summed E-state index contributed by atoms with van der Waals surface area (Å²) in [6.45, 7) is 1.69. The van der Waals surface area contributed by atoms with Gasteiger partial charge in [0.2, 0.25) is 6.41 Å². The van der Waals surface area contributed by atoms with E-state index in [1.165, 1.54) is 12.0 Å². The smallest absolute Gasteiger partial charge is 0.209 e. The Morgan fingerprint density at radius 1 is 1.64 bits per heavy atom. The molecule has 0 rings (SSSR count). The molecule has 0 aromatic carbocycles. The summed E-state index contributed by atoms with van der Waals surface area (Å²) in [5, 5.41) is 7.96. The number of carbonyl (C=O) groups excluding carboxylic acids is 1. The number of amides is 1. The van der Waals surface area contributed by atoms with E-state index in [9.17, 15) is 4.79 Å². The Kier molecular flexibility index (Phi) is 10.2. The van der Waals surface area contributed by atoms with Crippen LogP contribution in [-0.2, 0) is 9.53 Å². The maximum Gasteiger partial charge on any atom is 0.209 e. The second-order valence-corrected chi connectivity index (χ2v) is 2.08. The molecule has 4 heteroatoms. The van der Waals surface area contributed by atoms with Crippen LogP contribution < -0.4 is 0 Å². The lowest BCUT2D eigenvalue weighted by molar-refractivity contribution is -0.115. The van der Waals surface area contributed by atoms with Crippen LogP contribution in [0.15, 0.2) is 0 Å². The van der Waals surface area contributed by atoms with E-state index in [4.69, 9.17) is 5.26 Å². The average Bonchev–Trinajstić information content (AvgIpc) is 2.04. The molecule has 0 N–H and O–H groups in total. The average molecular weight is 158 g/mol. The standard InChI is InChI=1S/C4H7NO.C3H7NO/c1-4(3-5)6-2;1-4(2)3-5/h4H,1-2H3;3H,1-2H3. The minimum absolute atomic E-state index is 0.259. The molecule has 0 aromatic rings. The number of hydrogen-bond acceptors (Lipinski definition) is 3. The normalized spacial score (nSPS) is 10.1. The Balaban J connectivity index is 0. The fourth-order valence-electron chi connectivity index (χ4n) is 0.0527. The van der Waals surface area contributed by atoms with Crippen LogP contribution in [0.3, 0.4) is 0 Å². The summed E-state index contributed by atoms with van der Waals surface area (Å²) in [7, 11) is 4.88. The third-order valence-corrected chi connectivity index (χ3v) is 0.746. The molecule has 0 saturated carbocycles. The van der Waals surface area contributed by atoms with Gasteiger partial charge >= 0.3 is 0 Å². The van der Waals surface area contributed by atoms with Crippen molar-refractivity contribution in [1.29, 1.82) is 5.26 Å². The molecule has 0 heterocycles. The molecule has 1 unspecified atom stereocenters. The third kappa shape index (κ3) is 17.6. The Morgan fingerprint density at radius 2 is 2.00 bits per heavy atom. The van der Waals surface area contributed by atoms with Gasteiger partial charge in [0, 0.05) is 21.2 Å². The van der Waals surface area contributed by atoms with Gasteiger partial charge in [-0.05, 0) is 6.92 Å². The number of carbonyl (C=O) groups is 1. The quantitative estimate of drug-likeness (QED) is 0.541. The van der Waals surface area contributed by atoms with Crippen LogP contribution in [0.4, 0.5) is 0 Å². The molecule has 0 aromatic heterocycles. The Bertz CT molecular complexity index is 129. The predicted octanol–water partition coefficient (Wildman–Crippen LogP) is 0.249. The second-order valence-electron chi connectivity index (χ2n) is 2.08. The van der Waals surface area contributed by atoms with Gasteiger partial charge < -0.3 is 9.64 Å². The van der Waals surface area contributed by atoms with Gasteiger partial charge in [0.25, 0.3) is 0 Å². The molecule has 0 aliphatic carbocycles. The molecule has 0 aliphatic rings. The third-order valence-electron chi connectivity index (χ3n) is 0.746. The largest absolute Gasteiger partial charge is 0.367 e. The van der Waals surface area contributed by atoms with Crippen molar-refractivity contribution in [3.63, 3.8) is 0 Å². The van der Waals surface area contributed by atoms with E-state index >= 15 is 0 Å². The first kappa shape index (κ1) is 12.6. The molecular formula is C7H14N2O2. The summed E-state index contributed by atoms with van der Waals surface area (Å²) >= 11 is 0. The fourth-order valence-corrected chi connectivity index (χ4v) is 0.0527. The van der Waals surface area contributed by atoms with E-state index in [1.807, 2.05) is 6.07 Å². The van der Waals surface area contributed by atoms with Gasteiger partial charge in [-0.15, -0.1) is 0 Å². The maximum absolute atomic E-state index is 9.43. The summed E-state index contributed by atoms with van der Waals surface area (Å²) < 4.78 is 4.54. The van der Waals surface area contributed by atoms with Gasteiger partial charge in [-0.25, -0.2) is 0 Å². The lowest BCUT2D eigenvalue weighted by Gasteiger charge is -1.93. The fraction of sp³-hybridized carbons (Fsp3) is 0.714. The van der Waals surface area contributed by atoms with E-state index in [-0.39, 0.29) is 6.10 Å². The molecule has 1 atom stereocenters. The number of nitriles is 1. The zero-order valence-corrected chi connectivity index (χ0v) is 7.37. The van der Waals surface area contributed by atoms with Gasteiger partial charge in [0.05, 0.1) is 6.07 Å². The van der Waals surface area contributed by atoms with E-state index < -0.39 is 0 Å². The molecule has 0 fully saturated rings. The topological polar surface area (TPSA) is 53.3 Å². The van der Waals surface area contributed by atoms with Crippen LogP contribution in [0.5, 0.6) is 0 Å². The molecule has 64 valence electrons. The molecule has 1 amide bonds. The molecule has 0 spiro atoms. The monoisotopic (exact) mass is 158 g/mol. The summed E-state index contributed by atoms with van der Waals surface area (Å²) in [6, 6.07) is 1.89. The SMILES string of the molecule is CN(C)C=O.COC(C)C#N. The Labute approximate surface area is 67.4 Å². The van der Waals surface area contributed by atoms with Crippen LogP contribution in [0, 0.1) is 11.3 Å². The number of hydrogen-bond donors (Lipinski definition) is 0. The van der Waals surface area contributed by atoms with Crippen molar-refractivity contribution >= 4 is 6.41 Å². The van der Waals surface area contributed by atoms with Crippen LogP contribution >= 0.6 is 0 Å². The summed E-state index contributed by atoms with van der Waals surface area (Å²) in [4.78, 5) is 10.9. The van der Waals surface area contributed by atoms with E-state index in [2.05, 4.69) is 4.74 Å². The highest BCUT2D eigenvalue weighted by Crippen LogP contribution is 1.78. The van der Waals surface area contributed by atoms with Gasteiger partial charge in [0.15, 0.2) is 0 Å². The zero-order chi connectivity index (χ0) is 9.28. The van der Waals surface area contributed by atoms with Crippen LogP contribution in [0.1, 0.15) is 6.92 Å². The highest BCUT2D eigenvalue weighted by molar-refractivity contribution is 5.45. The van der Waals surface area contributed by atoms with E-state index in [0.29, 0.717) is 0 Å². The van der Waals surface area contributed by atoms with E-state index in [0.717, 1.165) is 6.41 Å². The first-order chi connectivity index (χ1) is 5.08. The summed E-state index contributed by atoms with van der Waals surface area (Å²) in [5.41, 5.74) is 0. The van der Waals surface area contributed by atoms with Crippen molar-refractivity contribution in [2.24, 2.45) is 0 Å². The number of methoxy groups -OCH3 is 1. The van der Waals surface area contributed by atoms with Gasteiger partial charge in [-0.2, -0.15) is 5.26 Å². The second kappa shape index (κ2) is 8.92.